The lowest BCUT2D eigenvalue weighted by molar-refractivity contribution is -0.120. The standard InChI is InChI=1S/C16H18N2O2S2/c1-11(19)17-14(15-7-4-8-22-15)10-16(20)18-12-5-3-6-13(9-12)21-2/h3-9,14H,10H2,1-2H3,(H,17,19)(H,18,20)/t14-/m1/s1. The van der Waals surface area contributed by atoms with E-state index in [1.54, 1.807) is 11.8 Å². The normalized spacial score (nSPS) is 11.7. The Morgan fingerprint density at radius 1 is 1.27 bits per heavy atom. The van der Waals surface area contributed by atoms with Gasteiger partial charge in [-0.15, -0.1) is 23.1 Å². The third-order valence-electron chi connectivity index (χ3n) is 3.01. The van der Waals surface area contributed by atoms with E-state index in [9.17, 15) is 9.59 Å². The number of thioether (sulfide) groups is 1. The first-order valence-electron chi connectivity index (χ1n) is 6.83. The summed E-state index contributed by atoms with van der Waals surface area (Å²) in [6.07, 6.45) is 2.20. The van der Waals surface area contributed by atoms with E-state index >= 15 is 0 Å². The first-order valence-corrected chi connectivity index (χ1v) is 8.93. The molecular formula is C16H18N2O2S2. The van der Waals surface area contributed by atoms with E-state index in [1.165, 1.54) is 18.3 Å². The summed E-state index contributed by atoms with van der Waals surface area (Å²) >= 11 is 3.15. The molecule has 0 aliphatic carbocycles. The topological polar surface area (TPSA) is 58.2 Å². The molecule has 0 bridgehead atoms. The van der Waals surface area contributed by atoms with Gasteiger partial charge in [0.1, 0.15) is 0 Å². The summed E-state index contributed by atoms with van der Waals surface area (Å²) in [4.78, 5) is 25.6. The minimum atomic E-state index is -0.291. The summed E-state index contributed by atoms with van der Waals surface area (Å²) < 4.78 is 0. The molecule has 0 unspecified atom stereocenters. The Hall–Kier alpha value is -1.79. The van der Waals surface area contributed by atoms with Crippen molar-refractivity contribution in [2.75, 3.05) is 11.6 Å². The quantitative estimate of drug-likeness (QED) is 0.792. The SMILES string of the molecule is CSc1cccc(NC(=O)C[C@@H](NC(C)=O)c2cccs2)c1. The van der Waals surface area contributed by atoms with Crippen LogP contribution in [0.5, 0.6) is 0 Å². The Morgan fingerprint density at radius 2 is 2.09 bits per heavy atom. The first kappa shape index (κ1) is 16.6. The van der Waals surface area contributed by atoms with E-state index in [4.69, 9.17) is 0 Å². The number of carbonyl (C=O) groups excluding carboxylic acids is 2. The maximum absolute atomic E-state index is 12.2. The summed E-state index contributed by atoms with van der Waals surface area (Å²) in [7, 11) is 0. The highest BCUT2D eigenvalue weighted by molar-refractivity contribution is 7.98. The minimum Gasteiger partial charge on any atom is -0.348 e. The first-order chi connectivity index (χ1) is 10.6. The molecule has 2 aromatic rings. The second-order valence-electron chi connectivity index (χ2n) is 4.75. The Morgan fingerprint density at radius 3 is 2.73 bits per heavy atom. The van der Waals surface area contributed by atoms with Crippen LogP contribution >= 0.6 is 23.1 Å². The third-order valence-corrected chi connectivity index (χ3v) is 4.72. The number of anilines is 1. The van der Waals surface area contributed by atoms with Gasteiger partial charge in [0.15, 0.2) is 0 Å². The average molecular weight is 334 g/mol. The predicted molar refractivity (Wildman–Crippen MR) is 92.3 cm³/mol. The molecule has 1 aromatic carbocycles. The zero-order chi connectivity index (χ0) is 15.9. The van der Waals surface area contributed by atoms with Gasteiger partial charge in [0.05, 0.1) is 12.5 Å². The monoisotopic (exact) mass is 334 g/mol. The van der Waals surface area contributed by atoms with Crippen molar-refractivity contribution in [1.29, 1.82) is 0 Å². The lowest BCUT2D eigenvalue weighted by atomic mass is 10.1. The Labute approximate surface area is 138 Å². The lowest BCUT2D eigenvalue weighted by Crippen LogP contribution is -2.29. The molecule has 1 atom stereocenters. The molecular weight excluding hydrogens is 316 g/mol. The fourth-order valence-corrected chi connectivity index (χ4v) is 3.29. The molecule has 0 aliphatic heterocycles. The van der Waals surface area contributed by atoms with E-state index in [-0.39, 0.29) is 24.3 Å². The molecule has 0 saturated heterocycles. The van der Waals surface area contributed by atoms with Crippen LogP contribution in [0.2, 0.25) is 0 Å². The average Bonchev–Trinajstić information content (AvgIpc) is 3.00. The highest BCUT2D eigenvalue weighted by Gasteiger charge is 2.18. The van der Waals surface area contributed by atoms with E-state index < -0.39 is 0 Å². The van der Waals surface area contributed by atoms with Gasteiger partial charge in [-0.05, 0) is 35.9 Å². The number of benzene rings is 1. The Balaban J connectivity index is 2.03. The van der Waals surface area contributed by atoms with Crippen LogP contribution in [-0.2, 0) is 9.59 Å². The van der Waals surface area contributed by atoms with Crippen LogP contribution in [0.1, 0.15) is 24.3 Å². The molecule has 4 nitrogen and oxygen atoms in total. The van der Waals surface area contributed by atoms with Gasteiger partial charge in [-0.3, -0.25) is 9.59 Å². The zero-order valence-electron chi connectivity index (χ0n) is 12.5. The molecule has 0 saturated carbocycles. The molecule has 2 N–H and O–H groups in total. The van der Waals surface area contributed by atoms with Crippen LogP contribution in [0.3, 0.4) is 0 Å². The van der Waals surface area contributed by atoms with Crippen LogP contribution in [0.15, 0.2) is 46.7 Å². The number of amides is 2. The van der Waals surface area contributed by atoms with Gasteiger partial charge >= 0.3 is 0 Å². The van der Waals surface area contributed by atoms with Crippen molar-refractivity contribution in [2.24, 2.45) is 0 Å². The van der Waals surface area contributed by atoms with E-state index in [1.807, 2.05) is 48.0 Å². The fraction of sp³-hybridized carbons (Fsp3) is 0.250. The Bertz CT molecular complexity index is 641. The van der Waals surface area contributed by atoms with Gasteiger partial charge in [-0.2, -0.15) is 0 Å². The zero-order valence-corrected chi connectivity index (χ0v) is 14.1. The summed E-state index contributed by atoms with van der Waals surface area (Å²) in [6.45, 7) is 1.46. The molecule has 116 valence electrons. The third kappa shape index (κ3) is 4.89. The van der Waals surface area contributed by atoms with Crippen LogP contribution in [-0.4, -0.2) is 18.1 Å². The molecule has 0 spiro atoms. The molecule has 6 heteroatoms. The highest BCUT2D eigenvalue weighted by Crippen LogP contribution is 2.23. The van der Waals surface area contributed by atoms with Crippen molar-refractivity contribution in [3.63, 3.8) is 0 Å². The van der Waals surface area contributed by atoms with Gasteiger partial charge < -0.3 is 10.6 Å². The van der Waals surface area contributed by atoms with Crippen LogP contribution in [0, 0.1) is 0 Å². The van der Waals surface area contributed by atoms with Crippen molar-refractivity contribution < 1.29 is 9.59 Å². The van der Waals surface area contributed by atoms with Gasteiger partial charge in [0, 0.05) is 22.4 Å². The van der Waals surface area contributed by atoms with Gasteiger partial charge in [-0.1, -0.05) is 12.1 Å². The van der Waals surface area contributed by atoms with Crippen molar-refractivity contribution in [1.82, 2.24) is 5.32 Å². The maximum Gasteiger partial charge on any atom is 0.226 e. The molecule has 1 aromatic heterocycles. The van der Waals surface area contributed by atoms with Gasteiger partial charge in [0.2, 0.25) is 11.8 Å². The molecule has 22 heavy (non-hydrogen) atoms. The van der Waals surface area contributed by atoms with Crippen molar-refractivity contribution in [3.8, 4) is 0 Å². The van der Waals surface area contributed by atoms with Crippen LogP contribution in [0.4, 0.5) is 5.69 Å². The van der Waals surface area contributed by atoms with Crippen molar-refractivity contribution >= 4 is 40.6 Å². The van der Waals surface area contributed by atoms with Crippen LogP contribution in [0.25, 0.3) is 0 Å². The number of hydrogen-bond donors (Lipinski definition) is 2. The number of nitrogens with one attached hydrogen (secondary N) is 2. The summed E-state index contributed by atoms with van der Waals surface area (Å²) in [5.74, 6) is -0.263. The van der Waals surface area contributed by atoms with Gasteiger partial charge in [-0.25, -0.2) is 0 Å². The van der Waals surface area contributed by atoms with E-state index in [0.717, 1.165) is 15.5 Å². The predicted octanol–water partition coefficient (Wildman–Crippen LogP) is 3.68. The van der Waals surface area contributed by atoms with Gasteiger partial charge in [0.25, 0.3) is 0 Å². The highest BCUT2D eigenvalue weighted by atomic mass is 32.2. The lowest BCUT2D eigenvalue weighted by Gasteiger charge is -2.16. The Kier molecular flexibility index (Phi) is 6.03. The molecule has 0 fully saturated rings. The molecule has 0 aliphatic rings. The van der Waals surface area contributed by atoms with Crippen molar-refractivity contribution in [2.45, 2.75) is 24.3 Å². The smallest absolute Gasteiger partial charge is 0.226 e. The molecule has 1 heterocycles. The summed E-state index contributed by atoms with van der Waals surface area (Å²) in [5.41, 5.74) is 0.768. The number of rotatable bonds is 6. The fourth-order valence-electron chi connectivity index (χ4n) is 2.06. The second kappa shape index (κ2) is 8.00. The van der Waals surface area contributed by atoms with E-state index in [0.29, 0.717) is 0 Å². The van der Waals surface area contributed by atoms with Crippen molar-refractivity contribution in [3.05, 3.63) is 46.7 Å². The largest absolute Gasteiger partial charge is 0.348 e. The summed E-state index contributed by atoms with van der Waals surface area (Å²) in [5, 5.41) is 7.65. The molecule has 2 amide bonds. The van der Waals surface area contributed by atoms with E-state index in [2.05, 4.69) is 10.6 Å². The maximum atomic E-state index is 12.2. The molecule has 0 radical (unpaired) electrons. The summed E-state index contributed by atoms with van der Waals surface area (Å²) in [6, 6.07) is 11.2. The number of carbonyl (C=O) groups is 2. The molecule has 2 rings (SSSR count). The number of thiophene rings is 1. The van der Waals surface area contributed by atoms with Crippen LogP contribution < -0.4 is 10.6 Å². The minimum absolute atomic E-state index is 0.120. The second-order valence-corrected chi connectivity index (χ2v) is 6.61. The number of hydrogen-bond acceptors (Lipinski definition) is 4.